The van der Waals surface area contributed by atoms with E-state index in [1.807, 2.05) is 6.07 Å². The molecule has 0 bridgehead atoms. The predicted molar refractivity (Wildman–Crippen MR) is 236 cm³/mol. The van der Waals surface area contributed by atoms with Crippen LogP contribution in [0.25, 0.3) is 60.9 Å². The number of para-hydroxylation sites is 2. The first kappa shape index (κ1) is 35.6. The molecule has 0 spiro atoms. The van der Waals surface area contributed by atoms with Gasteiger partial charge in [0.2, 0.25) is 0 Å². The summed E-state index contributed by atoms with van der Waals surface area (Å²) in [4.78, 5) is 0. The molecule has 1 aliphatic carbocycles. The van der Waals surface area contributed by atoms with E-state index in [4.69, 9.17) is 0 Å². The third kappa shape index (κ3) is 7.14. The minimum absolute atomic E-state index is 0.152. The summed E-state index contributed by atoms with van der Waals surface area (Å²) in [5, 5.41) is 2.59. The molecule has 1 aromatic heterocycles. The van der Waals surface area contributed by atoms with Gasteiger partial charge in [-0.2, -0.15) is 0 Å². The number of benzene rings is 8. The van der Waals surface area contributed by atoms with E-state index in [0.29, 0.717) is 0 Å². The number of hydrogen-bond acceptors (Lipinski definition) is 0. The molecule has 0 saturated heterocycles. The first-order chi connectivity index (χ1) is 26.8. The fourth-order valence-corrected chi connectivity index (χ4v) is 7.96. The van der Waals surface area contributed by atoms with Crippen LogP contribution in [0.15, 0.2) is 194 Å². The van der Waals surface area contributed by atoms with E-state index in [1.165, 1.54) is 88.7 Å². The van der Waals surface area contributed by atoms with Gasteiger partial charge < -0.3 is 4.57 Å². The number of aromatic nitrogens is 1. The van der Waals surface area contributed by atoms with Crippen LogP contribution in [0.1, 0.15) is 41.7 Å². The van der Waals surface area contributed by atoms with Gasteiger partial charge in [0.05, 0.1) is 11.0 Å². The number of fused-ring (bicyclic) bond motifs is 6. The summed E-state index contributed by atoms with van der Waals surface area (Å²) in [5.41, 5.74) is 18.6. The Hall–Kier alpha value is -6.44. The van der Waals surface area contributed by atoms with Crippen LogP contribution in [0, 0.1) is 20.8 Å². The van der Waals surface area contributed by atoms with Crippen molar-refractivity contribution in [3.8, 4) is 39.1 Å². The molecule has 9 aromatic rings. The largest absolute Gasteiger partial charge is 0.309 e. The summed E-state index contributed by atoms with van der Waals surface area (Å²) in [6.45, 7) is 11.0. The fraction of sp³-hybridized carbons (Fsp3) is 0.111. The number of aryl methyl sites for hydroxylation is 3. The average Bonchev–Trinajstić information content (AvgIpc) is 3.67. The second-order valence-electron chi connectivity index (χ2n) is 15.2. The molecule has 0 saturated carbocycles. The van der Waals surface area contributed by atoms with Gasteiger partial charge in [-0.15, -0.1) is 0 Å². The van der Waals surface area contributed by atoms with Crippen LogP contribution in [0.4, 0.5) is 0 Å². The second-order valence-corrected chi connectivity index (χ2v) is 15.2. The SMILES string of the molecule is Cc1ccc(-c2ccc3c(c2)c2ccccc2n3-c2ccccc2)cc1.Cc1ccc(-c2ccccc2)cc1.Cc1ccc2c(c1)-c1ccccc1C2(C)C. The molecule has 10 rings (SSSR count). The topological polar surface area (TPSA) is 4.93 Å². The minimum atomic E-state index is 0.152. The zero-order chi connectivity index (χ0) is 37.9. The van der Waals surface area contributed by atoms with E-state index < -0.39 is 0 Å². The second kappa shape index (κ2) is 15.1. The quantitative estimate of drug-likeness (QED) is 0.172. The Bertz CT molecular complexity index is 2710. The molecule has 0 radical (unpaired) electrons. The molecule has 0 amide bonds. The summed E-state index contributed by atoms with van der Waals surface area (Å²) in [6.07, 6.45) is 0. The smallest absolute Gasteiger partial charge is 0.0541 e. The molecule has 1 nitrogen and oxygen atoms in total. The van der Waals surface area contributed by atoms with E-state index in [2.05, 4.69) is 227 Å². The lowest BCUT2D eigenvalue weighted by atomic mass is 9.82. The lowest BCUT2D eigenvalue weighted by Crippen LogP contribution is -2.14. The highest BCUT2D eigenvalue weighted by Gasteiger charge is 2.34. The molecule has 0 N–H and O–H groups in total. The molecule has 0 aliphatic heterocycles. The van der Waals surface area contributed by atoms with Gasteiger partial charge in [0, 0.05) is 21.9 Å². The summed E-state index contributed by atoms with van der Waals surface area (Å²) in [6, 6.07) is 69.4. The fourth-order valence-electron chi connectivity index (χ4n) is 7.96. The molecular weight excluding hydrogens is 663 g/mol. The van der Waals surface area contributed by atoms with Crippen LogP contribution in [-0.2, 0) is 5.41 Å². The predicted octanol–water partition coefficient (Wildman–Crippen LogP) is 14.7. The van der Waals surface area contributed by atoms with Crippen molar-refractivity contribution in [3.05, 3.63) is 222 Å². The number of hydrogen-bond donors (Lipinski definition) is 0. The maximum Gasteiger partial charge on any atom is 0.0541 e. The van der Waals surface area contributed by atoms with E-state index in [-0.39, 0.29) is 5.41 Å². The normalized spacial score (nSPS) is 12.2. The van der Waals surface area contributed by atoms with Crippen molar-refractivity contribution in [2.75, 3.05) is 0 Å². The lowest BCUT2D eigenvalue weighted by Gasteiger charge is -2.21. The summed E-state index contributed by atoms with van der Waals surface area (Å²) in [5.74, 6) is 0. The van der Waals surface area contributed by atoms with E-state index in [9.17, 15) is 0 Å². The zero-order valence-electron chi connectivity index (χ0n) is 32.4. The van der Waals surface area contributed by atoms with Crippen molar-refractivity contribution in [1.29, 1.82) is 0 Å². The molecule has 1 heteroatoms. The highest BCUT2D eigenvalue weighted by molar-refractivity contribution is 6.10. The third-order valence-corrected chi connectivity index (χ3v) is 11.0. The van der Waals surface area contributed by atoms with Crippen LogP contribution in [0.5, 0.6) is 0 Å². The molecule has 0 unspecified atom stereocenters. The molecule has 55 heavy (non-hydrogen) atoms. The highest BCUT2D eigenvalue weighted by atomic mass is 15.0. The summed E-state index contributed by atoms with van der Waals surface area (Å²) >= 11 is 0. The maximum atomic E-state index is 2.35. The zero-order valence-corrected chi connectivity index (χ0v) is 32.4. The van der Waals surface area contributed by atoms with Crippen molar-refractivity contribution in [1.82, 2.24) is 4.57 Å². The summed E-state index contributed by atoms with van der Waals surface area (Å²) < 4.78 is 2.35. The maximum absolute atomic E-state index is 2.35. The van der Waals surface area contributed by atoms with Crippen LogP contribution in [-0.4, -0.2) is 4.57 Å². The van der Waals surface area contributed by atoms with Gasteiger partial charge in [0.1, 0.15) is 0 Å². The first-order valence-corrected chi connectivity index (χ1v) is 19.3. The molecule has 0 atom stereocenters. The monoisotopic (exact) mass is 709 g/mol. The van der Waals surface area contributed by atoms with E-state index in [0.717, 1.165) is 0 Å². The van der Waals surface area contributed by atoms with Crippen LogP contribution >= 0.6 is 0 Å². The first-order valence-electron chi connectivity index (χ1n) is 19.3. The number of nitrogens with zero attached hydrogens (tertiary/aromatic N) is 1. The van der Waals surface area contributed by atoms with Crippen molar-refractivity contribution in [2.45, 2.75) is 40.0 Å². The summed E-state index contributed by atoms with van der Waals surface area (Å²) in [7, 11) is 0. The van der Waals surface area contributed by atoms with Gasteiger partial charge in [-0.25, -0.2) is 0 Å². The van der Waals surface area contributed by atoms with Gasteiger partial charge in [-0.05, 0) is 95.6 Å². The van der Waals surface area contributed by atoms with Gasteiger partial charge >= 0.3 is 0 Å². The minimum Gasteiger partial charge on any atom is -0.309 e. The molecule has 1 aliphatic rings. The standard InChI is InChI=1S/C25H19N.C16H16.C13H12/c1-18-11-13-19(14-12-18)20-15-16-25-23(17-20)22-9-5-6-10-24(22)26(25)21-7-3-2-4-8-21;1-11-8-9-15-13(10-11)12-6-4-5-7-14(12)16(15,2)3;1-11-7-9-13(10-8-11)12-5-3-2-4-6-12/h2-17H,1H3;4-10H,1-3H3;2-10H,1H3. The van der Waals surface area contributed by atoms with E-state index >= 15 is 0 Å². The van der Waals surface area contributed by atoms with Gasteiger partial charge in [-0.3, -0.25) is 0 Å². The van der Waals surface area contributed by atoms with Crippen molar-refractivity contribution in [3.63, 3.8) is 0 Å². The Labute approximate surface area is 326 Å². The number of rotatable bonds is 3. The van der Waals surface area contributed by atoms with Gasteiger partial charge in [-0.1, -0.05) is 194 Å². The van der Waals surface area contributed by atoms with Crippen molar-refractivity contribution < 1.29 is 0 Å². The molecule has 1 heterocycles. The van der Waals surface area contributed by atoms with Crippen LogP contribution in [0.3, 0.4) is 0 Å². The van der Waals surface area contributed by atoms with Crippen molar-refractivity contribution in [2.24, 2.45) is 0 Å². The van der Waals surface area contributed by atoms with Gasteiger partial charge in [0.15, 0.2) is 0 Å². The third-order valence-electron chi connectivity index (χ3n) is 11.0. The molecule has 0 fully saturated rings. The van der Waals surface area contributed by atoms with E-state index in [1.54, 1.807) is 0 Å². The molecule has 8 aromatic carbocycles. The Morgan fingerprint density at radius 2 is 0.836 bits per heavy atom. The van der Waals surface area contributed by atoms with Gasteiger partial charge in [0.25, 0.3) is 0 Å². The Kier molecular flexibility index (Phi) is 9.79. The molecule has 268 valence electrons. The Morgan fingerprint density at radius 3 is 1.53 bits per heavy atom. The Balaban J connectivity index is 0.000000126. The lowest BCUT2D eigenvalue weighted by molar-refractivity contribution is 0.660. The van der Waals surface area contributed by atoms with Crippen LogP contribution < -0.4 is 0 Å². The van der Waals surface area contributed by atoms with Crippen LogP contribution in [0.2, 0.25) is 0 Å². The molecular formula is C54H47N. The van der Waals surface area contributed by atoms with Crippen molar-refractivity contribution >= 4 is 21.8 Å². The Morgan fingerprint density at radius 1 is 0.345 bits per heavy atom. The highest BCUT2D eigenvalue weighted by Crippen LogP contribution is 2.48. The average molecular weight is 710 g/mol.